The van der Waals surface area contributed by atoms with Crippen LogP contribution >= 0.6 is 0 Å². The molecule has 0 atom stereocenters. The number of ether oxygens (including phenoxy) is 3. The fourth-order valence-electron chi connectivity index (χ4n) is 2.37. The second kappa shape index (κ2) is 9.96. The first-order chi connectivity index (χ1) is 11.7. The first-order valence-electron chi connectivity index (χ1n) is 8.37. The lowest BCUT2D eigenvalue weighted by Crippen LogP contribution is -2.19. The maximum absolute atomic E-state index is 6.11. The number of nitrogens with one attached hydrogen (secondary N) is 1. The maximum atomic E-state index is 6.11. The highest BCUT2D eigenvalue weighted by Gasteiger charge is 2.11. The van der Waals surface area contributed by atoms with Gasteiger partial charge in [0.15, 0.2) is 11.5 Å². The molecule has 0 aliphatic rings. The van der Waals surface area contributed by atoms with Crippen LogP contribution in [0.4, 0.5) is 0 Å². The fraction of sp³-hybridized carbons (Fsp3) is 0.400. The SMILES string of the molecule is CCOc1cccc(CNCCOC)c1OCc1ccc(C)cc1. The summed E-state index contributed by atoms with van der Waals surface area (Å²) in [6.07, 6.45) is 0. The normalized spacial score (nSPS) is 10.6. The Balaban J connectivity index is 2.09. The molecule has 2 aromatic carbocycles. The van der Waals surface area contributed by atoms with Gasteiger partial charge in [-0.2, -0.15) is 0 Å². The van der Waals surface area contributed by atoms with Gasteiger partial charge >= 0.3 is 0 Å². The van der Waals surface area contributed by atoms with Gasteiger partial charge in [0.25, 0.3) is 0 Å². The van der Waals surface area contributed by atoms with Crippen LogP contribution in [0.1, 0.15) is 23.6 Å². The number of hydrogen-bond acceptors (Lipinski definition) is 4. The molecule has 2 rings (SSSR count). The summed E-state index contributed by atoms with van der Waals surface area (Å²) in [4.78, 5) is 0. The Bertz CT molecular complexity index is 611. The molecule has 2 aromatic rings. The molecule has 0 saturated carbocycles. The maximum Gasteiger partial charge on any atom is 0.166 e. The minimum Gasteiger partial charge on any atom is -0.490 e. The summed E-state index contributed by atoms with van der Waals surface area (Å²) in [5.74, 6) is 1.60. The van der Waals surface area contributed by atoms with Crippen LogP contribution < -0.4 is 14.8 Å². The second-order valence-electron chi connectivity index (χ2n) is 5.62. The van der Waals surface area contributed by atoms with E-state index in [1.165, 1.54) is 5.56 Å². The minimum absolute atomic E-state index is 0.523. The molecular weight excluding hydrogens is 302 g/mol. The highest BCUT2D eigenvalue weighted by molar-refractivity contribution is 5.46. The van der Waals surface area contributed by atoms with Crippen LogP contribution in [0.25, 0.3) is 0 Å². The van der Waals surface area contributed by atoms with Crippen molar-refractivity contribution in [1.29, 1.82) is 0 Å². The zero-order valence-electron chi connectivity index (χ0n) is 14.8. The number of para-hydroxylation sites is 1. The van der Waals surface area contributed by atoms with Crippen molar-refractivity contribution in [2.75, 3.05) is 26.9 Å². The monoisotopic (exact) mass is 329 g/mol. The van der Waals surface area contributed by atoms with Gasteiger partial charge in [-0.3, -0.25) is 0 Å². The molecule has 4 nitrogen and oxygen atoms in total. The van der Waals surface area contributed by atoms with Crippen molar-refractivity contribution < 1.29 is 14.2 Å². The molecule has 0 heterocycles. The molecule has 130 valence electrons. The summed E-state index contributed by atoms with van der Waals surface area (Å²) >= 11 is 0. The number of methoxy groups -OCH3 is 1. The van der Waals surface area contributed by atoms with Crippen LogP contribution in [0.15, 0.2) is 42.5 Å². The first kappa shape index (κ1) is 18.3. The average Bonchev–Trinajstić information content (AvgIpc) is 2.60. The molecule has 0 aliphatic carbocycles. The molecule has 0 aliphatic heterocycles. The average molecular weight is 329 g/mol. The molecule has 1 N–H and O–H groups in total. The molecule has 0 amide bonds. The minimum atomic E-state index is 0.523. The van der Waals surface area contributed by atoms with Crippen LogP contribution in [-0.4, -0.2) is 26.9 Å². The van der Waals surface area contributed by atoms with E-state index in [4.69, 9.17) is 14.2 Å². The Hall–Kier alpha value is -2.04. The highest BCUT2D eigenvalue weighted by Crippen LogP contribution is 2.32. The molecular formula is C20H27NO3. The summed E-state index contributed by atoms with van der Waals surface area (Å²) in [6, 6.07) is 14.4. The Labute approximate surface area is 144 Å². The van der Waals surface area contributed by atoms with E-state index in [0.717, 1.165) is 29.2 Å². The van der Waals surface area contributed by atoms with Crippen molar-refractivity contribution in [2.24, 2.45) is 0 Å². The van der Waals surface area contributed by atoms with Crippen molar-refractivity contribution in [2.45, 2.75) is 27.0 Å². The van der Waals surface area contributed by atoms with Gasteiger partial charge in [-0.1, -0.05) is 42.0 Å². The Morgan fingerprint density at radius 3 is 2.50 bits per heavy atom. The van der Waals surface area contributed by atoms with Crippen LogP contribution in [0, 0.1) is 6.92 Å². The van der Waals surface area contributed by atoms with E-state index in [0.29, 0.717) is 26.4 Å². The molecule has 0 fully saturated rings. The molecule has 0 aromatic heterocycles. The van der Waals surface area contributed by atoms with E-state index in [1.807, 2.05) is 19.1 Å². The largest absolute Gasteiger partial charge is 0.490 e. The topological polar surface area (TPSA) is 39.7 Å². The third-order valence-corrected chi connectivity index (χ3v) is 3.66. The predicted molar refractivity (Wildman–Crippen MR) is 96.7 cm³/mol. The quantitative estimate of drug-likeness (QED) is 0.675. The lowest BCUT2D eigenvalue weighted by atomic mass is 10.1. The molecule has 0 spiro atoms. The standard InChI is InChI=1S/C20H27NO3/c1-4-23-19-7-5-6-18(14-21-12-13-22-3)20(19)24-15-17-10-8-16(2)9-11-17/h5-11,21H,4,12-15H2,1-3H3. The third-order valence-electron chi connectivity index (χ3n) is 3.66. The zero-order chi connectivity index (χ0) is 17.2. The number of rotatable bonds is 10. The smallest absolute Gasteiger partial charge is 0.166 e. The Morgan fingerprint density at radius 1 is 1.00 bits per heavy atom. The fourth-order valence-corrected chi connectivity index (χ4v) is 2.37. The van der Waals surface area contributed by atoms with E-state index < -0.39 is 0 Å². The lowest BCUT2D eigenvalue weighted by molar-refractivity contribution is 0.199. The van der Waals surface area contributed by atoms with Crippen LogP contribution in [0.2, 0.25) is 0 Å². The van der Waals surface area contributed by atoms with E-state index >= 15 is 0 Å². The number of aryl methyl sites for hydroxylation is 1. The van der Waals surface area contributed by atoms with Gasteiger partial charge in [0.1, 0.15) is 6.61 Å². The van der Waals surface area contributed by atoms with Gasteiger partial charge in [0.05, 0.1) is 13.2 Å². The van der Waals surface area contributed by atoms with E-state index in [-0.39, 0.29) is 0 Å². The van der Waals surface area contributed by atoms with Crippen molar-refractivity contribution >= 4 is 0 Å². The molecule has 24 heavy (non-hydrogen) atoms. The van der Waals surface area contributed by atoms with Crippen LogP contribution in [0.3, 0.4) is 0 Å². The predicted octanol–water partition coefficient (Wildman–Crippen LogP) is 3.71. The van der Waals surface area contributed by atoms with Gasteiger partial charge in [0, 0.05) is 25.8 Å². The summed E-state index contributed by atoms with van der Waals surface area (Å²) < 4.78 is 16.9. The number of benzene rings is 2. The van der Waals surface area contributed by atoms with Crippen molar-refractivity contribution in [1.82, 2.24) is 5.32 Å². The summed E-state index contributed by atoms with van der Waals surface area (Å²) in [5.41, 5.74) is 3.48. The summed E-state index contributed by atoms with van der Waals surface area (Å²) in [6.45, 7) is 7.40. The van der Waals surface area contributed by atoms with Crippen molar-refractivity contribution in [3.8, 4) is 11.5 Å². The molecule has 0 saturated heterocycles. The van der Waals surface area contributed by atoms with E-state index in [9.17, 15) is 0 Å². The summed E-state index contributed by atoms with van der Waals surface area (Å²) in [5, 5.41) is 3.36. The second-order valence-corrected chi connectivity index (χ2v) is 5.62. The zero-order valence-corrected chi connectivity index (χ0v) is 14.8. The van der Waals surface area contributed by atoms with Gasteiger partial charge < -0.3 is 19.5 Å². The van der Waals surface area contributed by atoms with Crippen LogP contribution in [0.5, 0.6) is 11.5 Å². The van der Waals surface area contributed by atoms with E-state index in [2.05, 4.69) is 42.6 Å². The molecule has 0 bridgehead atoms. The Kier molecular flexibility index (Phi) is 7.59. The highest BCUT2D eigenvalue weighted by atomic mass is 16.5. The van der Waals surface area contributed by atoms with Gasteiger partial charge in [-0.25, -0.2) is 0 Å². The molecule has 4 heteroatoms. The van der Waals surface area contributed by atoms with E-state index in [1.54, 1.807) is 7.11 Å². The third kappa shape index (κ3) is 5.55. The van der Waals surface area contributed by atoms with Crippen molar-refractivity contribution in [3.63, 3.8) is 0 Å². The van der Waals surface area contributed by atoms with Crippen molar-refractivity contribution in [3.05, 3.63) is 59.2 Å². The summed E-state index contributed by atoms with van der Waals surface area (Å²) in [7, 11) is 1.70. The van der Waals surface area contributed by atoms with Gasteiger partial charge in [-0.05, 0) is 25.5 Å². The molecule has 0 unspecified atom stereocenters. The van der Waals surface area contributed by atoms with Crippen LogP contribution in [-0.2, 0) is 17.9 Å². The van der Waals surface area contributed by atoms with Gasteiger partial charge in [-0.15, -0.1) is 0 Å². The molecule has 0 radical (unpaired) electrons. The lowest BCUT2D eigenvalue weighted by Gasteiger charge is -2.16. The first-order valence-corrected chi connectivity index (χ1v) is 8.37. The Morgan fingerprint density at radius 2 is 1.79 bits per heavy atom. The number of hydrogen-bond donors (Lipinski definition) is 1. The van der Waals surface area contributed by atoms with Gasteiger partial charge in [0.2, 0.25) is 0 Å².